The molecule has 19 heavy (non-hydrogen) atoms. The lowest BCUT2D eigenvalue weighted by Gasteiger charge is -2.13. The molecular weight excluding hydrogens is 269 g/mol. The first-order valence-corrected chi connectivity index (χ1v) is 6.42. The number of carbonyl (C=O) groups excluding carboxylic acids is 1. The monoisotopic (exact) mass is 283 g/mol. The van der Waals surface area contributed by atoms with Crippen LogP contribution in [0.3, 0.4) is 0 Å². The first-order chi connectivity index (χ1) is 9.10. The Morgan fingerprint density at radius 3 is 2.79 bits per heavy atom. The Kier molecular flexibility index (Phi) is 4.14. The van der Waals surface area contributed by atoms with Crippen LogP contribution in [0.15, 0.2) is 18.2 Å². The molecule has 0 spiro atoms. The van der Waals surface area contributed by atoms with Gasteiger partial charge >= 0.3 is 0 Å². The molecule has 1 heterocycles. The van der Waals surface area contributed by atoms with Crippen molar-refractivity contribution in [3.63, 3.8) is 0 Å². The lowest BCUT2D eigenvalue weighted by molar-refractivity contribution is -0.0755. The summed E-state index contributed by atoms with van der Waals surface area (Å²) in [5.41, 5.74) is 0.564. The van der Waals surface area contributed by atoms with Crippen LogP contribution in [0.25, 0.3) is 10.1 Å². The summed E-state index contributed by atoms with van der Waals surface area (Å²) in [5.74, 6) is -0.657. The van der Waals surface area contributed by atoms with Crippen LogP contribution in [-0.4, -0.2) is 32.2 Å². The van der Waals surface area contributed by atoms with Crippen molar-refractivity contribution in [1.82, 2.24) is 5.06 Å². The van der Waals surface area contributed by atoms with Gasteiger partial charge in [-0.3, -0.25) is 9.63 Å². The second-order valence-electron chi connectivity index (χ2n) is 3.94. The van der Waals surface area contributed by atoms with Crippen molar-refractivity contribution < 1.29 is 18.8 Å². The fourth-order valence-electron chi connectivity index (χ4n) is 1.85. The second kappa shape index (κ2) is 5.64. The van der Waals surface area contributed by atoms with Crippen molar-refractivity contribution in [1.29, 1.82) is 0 Å². The second-order valence-corrected chi connectivity index (χ2v) is 4.99. The molecule has 0 radical (unpaired) electrons. The van der Waals surface area contributed by atoms with Gasteiger partial charge in [0.1, 0.15) is 10.7 Å². The molecule has 2 rings (SSSR count). The van der Waals surface area contributed by atoms with Gasteiger partial charge in [0.15, 0.2) is 0 Å². The zero-order valence-electron chi connectivity index (χ0n) is 10.9. The molecule has 0 saturated heterocycles. The van der Waals surface area contributed by atoms with Crippen LogP contribution in [0, 0.1) is 5.82 Å². The minimum Gasteiger partial charge on any atom is -0.380 e. The summed E-state index contributed by atoms with van der Waals surface area (Å²) in [6, 6.07) is 4.79. The number of hydroxylamine groups is 2. The van der Waals surface area contributed by atoms with E-state index in [2.05, 4.69) is 0 Å². The highest BCUT2D eigenvalue weighted by Gasteiger charge is 2.23. The van der Waals surface area contributed by atoms with Crippen LogP contribution in [0.5, 0.6) is 0 Å². The predicted molar refractivity (Wildman–Crippen MR) is 71.6 cm³/mol. The molecule has 0 aliphatic carbocycles. The molecule has 0 unspecified atom stereocenters. The number of carbonyl (C=O) groups is 1. The average Bonchev–Trinajstić information content (AvgIpc) is 2.77. The molecule has 0 aliphatic heterocycles. The first-order valence-electron chi connectivity index (χ1n) is 5.61. The van der Waals surface area contributed by atoms with Crippen molar-refractivity contribution in [2.24, 2.45) is 0 Å². The number of amides is 1. The maximum absolute atomic E-state index is 13.9. The molecule has 4 nitrogen and oxygen atoms in total. The molecule has 102 valence electrons. The van der Waals surface area contributed by atoms with Crippen LogP contribution in [0.2, 0.25) is 0 Å². The smallest absolute Gasteiger partial charge is 0.287 e. The molecule has 2 aromatic rings. The molecule has 0 aliphatic rings. The van der Waals surface area contributed by atoms with Crippen LogP contribution < -0.4 is 0 Å². The van der Waals surface area contributed by atoms with Gasteiger partial charge in [0.05, 0.1) is 13.7 Å². The molecule has 6 heteroatoms. The molecule has 1 aromatic carbocycles. The van der Waals surface area contributed by atoms with Crippen molar-refractivity contribution in [3.05, 3.63) is 34.5 Å². The van der Waals surface area contributed by atoms with E-state index >= 15 is 0 Å². The van der Waals surface area contributed by atoms with E-state index in [9.17, 15) is 9.18 Å². The standard InChI is InChI=1S/C13H14FNO3S/c1-15(18-3)13(16)12-8(7-17-2)11-9(14)5-4-6-10(11)19-12/h4-6H,7H2,1-3H3. The van der Waals surface area contributed by atoms with Gasteiger partial charge in [-0.15, -0.1) is 11.3 Å². The third-order valence-corrected chi connectivity index (χ3v) is 3.99. The van der Waals surface area contributed by atoms with Gasteiger partial charge in [-0.25, -0.2) is 9.45 Å². The summed E-state index contributed by atoms with van der Waals surface area (Å²) >= 11 is 1.24. The van der Waals surface area contributed by atoms with Crippen molar-refractivity contribution >= 4 is 27.3 Å². The van der Waals surface area contributed by atoms with Crippen molar-refractivity contribution in [2.45, 2.75) is 6.61 Å². The Morgan fingerprint density at radius 1 is 1.42 bits per heavy atom. The first kappa shape index (κ1) is 13.9. The molecule has 1 aromatic heterocycles. The van der Waals surface area contributed by atoms with E-state index in [4.69, 9.17) is 9.57 Å². The summed E-state index contributed by atoms with van der Waals surface area (Å²) in [5, 5.41) is 1.56. The third-order valence-electron chi connectivity index (χ3n) is 2.81. The van der Waals surface area contributed by atoms with Crippen molar-refractivity contribution in [2.75, 3.05) is 21.3 Å². The number of thiophene rings is 1. The molecule has 0 bridgehead atoms. The van der Waals surface area contributed by atoms with Crippen LogP contribution >= 0.6 is 11.3 Å². The largest absolute Gasteiger partial charge is 0.380 e. The van der Waals surface area contributed by atoms with E-state index in [1.165, 1.54) is 38.7 Å². The number of halogens is 1. The summed E-state index contributed by atoms with van der Waals surface area (Å²) in [7, 11) is 4.43. The maximum Gasteiger partial charge on any atom is 0.287 e. The number of hydrogen-bond donors (Lipinski definition) is 0. The number of rotatable bonds is 4. The summed E-state index contributed by atoms with van der Waals surface area (Å²) in [4.78, 5) is 17.5. The molecule has 1 amide bonds. The Bertz CT molecular complexity index is 611. The Morgan fingerprint density at radius 2 is 2.16 bits per heavy atom. The number of ether oxygens (including phenoxy) is 1. The topological polar surface area (TPSA) is 38.8 Å². The highest BCUT2D eigenvalue weighted by Crippen LogP contribution is 2.34. The number of nitrogens with zero attached hydrogens (tertiary/aromatic N) is 1. The fraction of sp³-hybridized carbons (Fsp3) is 0.308. The fourth-order valence-corrected chi connectivity index (χ4v) is 3.04. The van der Waals surface area contributed by atoms with Gasteiger partial charge in [0.2, 0.25) is 0 Å². The summed E-state index contributed by atoms with van der Waals surface area (Å²) < 4.78 is 19.7. The quantitative estimate of drug-likeness (QED) is 0.810. The van der Waals surface area contributed by atoms with Crippen LogP contribution in [0.1, 0.15) is 15.2 Å². The molecule has 0 saturated carbocycles. The van der Waals surface area contributed by atoms with E-state index in [0.717, 1.165) is 9.76 Å². The zero-order chi connectivity index (χ0) is 14.0. The summed E-state index contributed by atoms with van der Waals surface area (Å²) in [6.45, 7) is 0.180. The SMILES string of the molecule is COCc1c(C(=O)N(C)OC)sc2cccc(F)c12. The number of methoxy groups -OCH3 is 1. The zero-order valence-corrected chi connectivity index (χ0v) is 11.7. The number of fused-ring (bicyclic) bond motifs is 1. The van der Waals surface area contributed by atoms with E-state index < -0.39 is 0 Å². The highest BCUT2D eigenvalue weighted by molar-refractivity contribution is 7.21. The Balaban J connectivity index is 2.63. The molecule has 0 atom stereocenters. The molecule has 0 N–H and O–H groups in total. The predicted octanol–water partition coefficient (Wildman–Crippen LogP) is 2.82. The Hall–Kier alpha value is -1.50. The van der Waals surface area contributed by atoms with Gasteiger partial charge in [0, 0.05) is 29.8 Å². The molecular formula is C13H14FNO3S. The van der Waals surface area contributed by atoms with E-state index in [1.54, 1.807) is 12.1 Å². The van der Waals surface area contributed by atoms with E-state index in [1.807, 2.05) is 0 Å². The minimum absolute atomic E-state index is 0.180. The third kappa shape index (κ3) is 2.47. The van der Waals surface area contributed by atoms with E-state index in [0.29, 0.717) is 15.8 Å². The summed E-state index contributed by atoms with van der Waals surface area (Å²) in [6.07, 6.45) is 0. The lowest BCUT2D eigenvalue weighted by atomic mass is 10.1. The van der Waals surface area contributed by atoms with Gasteiger partial charge in [-0.2, -0.15) is 0 Å². The molecule has 0 fully saturated rings. The van der Waals surface area contributed by atoms with Crippen LogP contribution in [-0.2, 0) is 16.2 Å². The maximum atomic E-state index is 13.9. The van der Waals surface area contributed by atoms with Crippen LogP contribution in [0.4, 0.5) is 4.39 Å². The van der Waals surface area contributed by atoms with Gasteiger partial charge < -0.3 is 4.74 Å². The number of benzene rings is 1. The normalized spacial score (nSPS) is 10.9. The lowest BCUT2D eigenvalue weighted by Crippen LogP contribution is -2.25. The number of hydrogen-bond acceptors (Lipinski definition) is 4. The average molecular weight is 283 g/mol. The Labute approximate surface area is 114 Å². The van der Waals surface area contributed by atoms with Gasteiger partial charge in [0.25, 0.3) is 5.91 Å². The van der Waals surface area contributed by atoms with Crippen molar-refractivity contribution in [3.8, 4) is 0 Å². The van der Waals surface area contributed by atoms with E-state index in [-0.39, 0.29) is 18.3 Å². The minimum atomic E-state index is -0.347. The van der Waals surface area contributed by atoms with Gasteiger partial charge in [-0.1, -0.05) is 6.07 Å². The highest BCUT2D eigenvalue weighted by atomic mass is 32.1. The van der Waals surface area contributed by atoms with Gasteiger partial charge in [-0.05, 0) is 12.1 Å².